The molecule has 1 aliphatic rings. The first-order valence-corrected chi connectivity index (χ1v) is 13.2. The average molecular weight is 507 g/mol. The Morgan fingerprint density at radius 3 is 2.59 bits per heavy atom. The first-order chi connectivity index (χ1) is 17.6. The van der Waals surface area contributed by atoms with Gasteiger partial charge in [0.05, 0.1) is 30.2 Å². The second-order valence-electron chi connectivity index (χ2n) is 11.2. The third-order valence-corrected chi connectivity index (χ3v) is 7.67. The number of rotatable bonds is 9. The van der Waals surface area contributed by atoms with Gasteiger partial charge in [0.1, 0.15) is 5.75 Å². The van der Waals surface area contributed by atoms with Crippen molar-refractivity contribution in [3.8, 4) is 5.75 Å². The Balaban J connectivity index is 1.58. The van der Waals surface area contributed by atoms with Crippen molar-refractivity contribution in [2.45, 2.75) is 83.2 Å². The summed E-state index contributed by atoms with van der Waals surface area (Å²) in [6.07, 6.45) is 6.72. The van der Waals surface area contributed by atoms with Gasteiger partial charge in [-0.2, -0.15) is 0 Å². The molecule has 1 unspecified atom stereocenters. The van der Waals surface area contributed by atoms with Gasteiger partial charge in [0.25, 0.3) is 0 Å². The molecule has 2 aromatic carbocycles. The molecule has 3 aromatic rings. The number of nitrogens with zero attached hydrogens (tertiary/aromatic N) is 1. The predicted octanol–water partition coefficient (Wildman–Crippen LogP) is 5.90. The summed E-state index contributed by atoms with van der Waals surface area (Å²) in [6.45, 7) is 5.94. The van der Waals surface area contributed by atoms with E-state index >= 15 is 0 Å². The lowest BCUT2D eigenvalue weighted by Gasteiger charge is -2.39. The van der Waals surface area contributed by atoms with Crippen molar-refractivity contribution < 1.29 is 19.2 Å². The van der Waals surface area contributed by atoms with Crippen LogP contribution in [0.1, 0.15) is 76.5 Å². The smallest absolute Gasteiger partial charge is 0.366 e. The predicted molar refractivity (Wildman–Crippen MR) is 145 cm³/mol. The van der Waals surface area contributed by atoms with Crippen molar-refractivity contribution in [2.24, 2.45) is 5.92 Å². The maximum atomic E-state index is 13.3. The summed E-state index contributed by atoms with van der Waals surface area (Å²) in [6, 6.07) is 12.9. The molecular weight excluding hydrogens is 468 g/mol. The number of aliphatic hydroxyl groups is 1. The minimum Gasteiger partial charge on any atom is -0.496 e. The van der Waals surface area contributed by atoms with Gasteiger partial charge in [0, 0.05) is 11.1 Å². The van der Waals surface area contributed by atoms with Gasteiger partial charge in [0.2, 0.25) is 5.91 Å². The Morgan fingerprint density at radius 1 is 1.14 bits per heavy atom. The van der Waals surface area contributed by atoms with Crippen LogP contribution in [0.3, 0.4) is 0 Å². The van der Waals surface area contributed by atoms with Gasteiger partial charge in [0.15, 0.2) is 0 Å². The Morgan fingerprint density at radius 2 is 1.86 bits per heavy atom. The average Bonchev–Trinajstić information content (AvgIpc) is 2.86. The summed E-state index contributed by atoms with van der Waals surface area (Å²) in [5.74, 6) is 0.914. The molecule has 1 atom stereocenters. The lowest BCUT2D eigenvalue weighted by atomic mass is 9.69. The minimum atomic E-state index is -1.19. The van der Waals surface area contributed by atoms with Crippen LogP contribution >= 0.6 is 0 Å². The molecule has 0 radical (unpaired) electrons. The van der Waals surface area contributed by atoms with Crippen LogP contribution in [0.25, 0.3) is 10.8 Å². The van der Waals surface area contributed by atoms with E-state index in [1.807, 2.05) is 24.3 Å². The van der Waals surface area contributed by atoms with Crippen LogP contribution < -0.4 is 15.7 Å². The maximum Gasteiger partial charge on any atom is 0.366 e. The Hall–Kier alpha value is -3.19. The van der Waals surface area contributed by atoms with E-state index in [9.17, 15) is 14.7 Å². The quantitative estimate of drug-likeness (QED) is 0.374. The summed E-state index contributed by atoms with van der Waals surface area (Å²) in [4.78, 5) is 25.3. The fourth-order valence-corrected chi connectivity index (χ4v) is 6.07. The molecule has 0 saturated heterocycles. The zero-order chi connectivity index (χ0) is 26.6. The normalized spacial score (nSPS) is 16.4. The second kappa shape index (κ2) is 11.1. The number of carbonyl (C=O) groups is 1. The maximum absolute atomic E-state index is 13.3. The van der Waals surface area contributed by atoms with Crippen LogP contribution in [-0.4, -0.2) is 28.9 Å². The molecule has 1 heterocycles. The summed E-state index contributed by atoms with van der Waals surface area (Å²) in [5, 5.41) is 19.8. The molecule has 37 heavy (non-hydrogen) atoms. The second-order valence-corrected chi connectivity index (χ2v) is 11.2. The summed E-state index contributed by atoms with van der Waals surface area (Å²) in [5.41, 5.74) is 0.00677. The molecule has 1 saturated carbocycles. The number of anilines is 1. The van der Waals surface area contributed by atoms with E-state index in [4.69, 9.17) is 9.26 Å². The number of carbonyl (C=O) groups excluding carboxylic acids is 1. The molecule has 2 N–H and O–H groups in total. The van der Waals surface area contributed by atoms with E-state index in [-0.39, 0.29) is 12.3 Å². The van der Waals surface area contributed by atoms with E-state index in [1.165, 1.54) is 19.3 Å². The highest BCUT2D eigenvalue weighted by Gasteiger charge is 2.40. The van der Waals surface area contributed by atoms with E-state index in [0.717, 1.165) is 24.2 Å². The molecule has 0 spiro atoms. The number of amides is 1. The number of para-hydroxylation sites is 1. The number of aromatic nitrogens is 1. The van der Waals surface area contributed by atoms with E-state index in [1.54, 1.807) is 32.2 Å². The Labute approximate surface area is 218 Å². The van der Waals surface area contributed by atoms with Gasteiger partial charge < -0.3 is 19.7 Å². The van der Waals surface area contributed by atoms with Crippen molar-refractivity contribution in [2.75, 3.05) is 12.4 Å². The van der Waals surface area contributed by atoms with Crippen LogP contribution in [0.15, 0.2) is 51.8 Å². The van der Waals surface area contributed by atoms with Crippen LogP contribution in [-0.2, 0) is 10.2 Å². The molecule has 1 amide bonds. The fraction of sp³-hybridized carbons (Fsp3) is 0.500. The van der Waals surface area contributed by atoms with Gasteiger partial charge in [-0.1, -0.05) is 69.3 Å². The van der Waals surface area contributed by atoms with Gasteiger partial charge in [-0.05, 0) is 60.9 Å². The first kappa shape index (κ1) is 26.9. The molecule has 7 nitrogen and oxygen atoms in total. The standard InChI is InChI=1S/C30H38N2O5/c1-20-24-16-22(14-15-23(24)28(34)37-32-20)31-27(33)18-30(35,17-21-10-6-5-7-11-21)19-29(2,3)25-12-8-9-13-26(25)36-4/h8-9,12-16,21,35H,5-7,10-11,17-19H2,1-4H3,(H,31,33). The number of hydrogen-bond donors (Lipinski definition) is 2. The molecule has 1 aliphatic carbocycles. The van der Waals surface area contributed by atoms with Crippen molar-refractivity contribution in [3.05, 3.63) is 64.1 Å². The first-order valence-electron chi connectivity index (χ1n) is 13.2. The van der Waals surface area contributed by atoms with E-state index in [2.05, 4.69) is 24.3 Å². The van der Waals surface area contributed by atoms with Crippen LogP contribution in [0.2, 0.25) is 0 Å². The van der Waals surface area contributed by atoms with Gasteiger partial charge >= 0.3 is 5.63 Å². The van der Waals surface area contributed by atoms with Crippen molar-refractivity contribution in [1.82, 2.24) is 5.16 Å². The number of methoxy groups -OCH3 is 1. The number of benzene rings is 2. The molecule has 0 aliphatic heterocycles. The number of nitrogens with one attached hydrogen (secondary N) is 1. The van der Waals surface area contributed by atoms with E-state index < -0.39 is 16.6 Å². The number of aryl methyl sites for hydroxylation is 1. The van der Waals surface area contributed by atoms with Crippen molar-refractivity contribution in [3.63, 3.8) is 0 Å². The highest BCUT2D eigenvalue weighted by atomic mass is 16.5. The molecular formula is C30H38N2O5. The summed E-state index contributed by atoms with van der Waals surface area (Å²) < 4.78 is 10.4. The summed E-state index contributed by atoms with van der Waals surface area (Å²) in [7, 11) is 1.65. The van der Waals surface area contributed by atoms with Gasteiger partial charge in [-0.15, -0.1) is 0 Å². The monoisotopic (exact) mass is 506 g/mol. The van der Waals surface area contributed by atoms with Gasteiger partial charge in [-0.3, -0.25) is 4.79 Å². The molecule has 7 heteroatoms. The number of hydrogen-bond acceptors (Lipinski definition) is 6. The fourth-order valence-electron chi connectivity index (χ4n) is 6.07. The van der Waals surface area contributed by atoms with Crippen LogP contribution in [0.4, 0.5) is 5.69 Å². The molecule has 4 rings (SSSR count). The zero-order valence-electron chi connectivity index (χ0n) is 22.3. The van der Waals surface area contributed by atoms with E-state index in [0.29, 0.717) is 40.9 Å². The molecule has 1 fully saturated rings. The van der Waals surface area contributed by atoms with Crippen LogP contribution in [0, 0.1) is 12.8 Å². The lowest BCUT2D eigenvalue weighted by molar-refractivity contribution is -0.123. The zero-order valence-corrected chi connectivity index (χ0v) is 22.3. The SMILES string of the molecule is COc1ccccc1C(C)(C)CC(O)(CC(=O)Nc1ccc2c(=O)onc(C)c2c1)CC1CCCCC1. The largest absolute Gasteiger partial charge is 0.496 e. The highest BCUT2D eigenvalue weighted by molar-refractivity contribution is 5.95. The Bertz CT molecular complexity index is 1310. The molecule has 198 valence electrons. The van der Waals surface area contributed by atoms with Crippen molar-refractivity contribution in [1.29, 1.82) is 0 Å². The molecule has 0 bridgehead atoms. The van der Waals surface area contributed by atoms with Crippen LogP contribution in [0.5, 0.6) is 5.75 Å². The molecule has 1 aromatic heterocycles. The minimum absolute atomic E-state index is 0.0196. The number of fused-ring (bicyclic) bond motifs is 1. The third-order valence-electron chi connectivity index (χ3n) is 7.67. The van der Waals surface area contributed by atoms with Crippen molar-refractivity contribution >= 4 is 22.4 Å². The third kappa shape index (κ3) is 6.39. The Kier molecular flexibility index (Phi) is 8.02. The highest BCUT2D eigenvalue weighted by Crippen LogP contribution is 2.42. The lowest BCUT2D eigenvalue weighted by Crippen LogP contribution is -2.42. The topological polar surface area (TPSA) is 102 Å². The van der Waals surface area contributed by atoms with Gasteiger partial charge in [-0.25, -0.2) is 4.79 Å². The number of ether oxygens (including phenoxy) is 1. The summed E-state index contributed by atoms with van der Waals surface area (Å²) >= 11 is 0.